The molecule has 3 aromatic heterocycles. The number of nitrogens with one attached hydrogen (secondary N) is 3. The quantitative estimate of drug-likeness (QED) is 0.505. The number of aromatic nitrogens is 3. The van der Waals surface area contributed by atoms with Gasteiger partial charge in [-0.25, -0.2) is 13.8 Å². The Morgan fingerprint density at radius 2 is 2.18 bits per heavy atom. The molecule has 1 aliphatic heterocycles. The smallest absolute Gasteiger partial charge is 0.274 e. The van der Waals surface area contributed by atoms with Crippen LogP contribution in [0.5, 0.6) is 0 Å². The predicted octanol–water partition coefficient (Wildman–Crippen LogP) is 3.44. The molecule has 3 atom stereocenters. The maximum atomic E-state index is 14.4. The second-order valence-corrected chi connectivity index (χ2v) is 8.46. The molecule has 8 nitrogen and oxygen atoms in total. The highest BCUT2D eigenvalue weighted by molar-refractivity contribution is 5.77. The standard InChI is InChI=1S/C23H26F2N6O2/c1-13(27-18-9-17(18)25)16-5-6-30-21(26-2)10-20(29-22(16)30)28-19-8-14(24)11-31(23(19)32)15-4-3-7-33-12-15/h5-6,8,10-11,15,17-18,26-27H,1,3-4,7,9,12H2,2H3,(H,28,29)/t15-,17+,18-/m0/s1. The topological polar surface area (TPSA) is 84.6 Å². The Kier molecular flexibility index (Phi) is 5.53. The van der Waals surface area contributed by atoms with E-state index in [0.717, 1.165) is 12.8 Å². The molecule has 4 heterocycles. The van der Waals surface area contributed by atoms with E-state index in [9.17, 15) is 13.6 Å². The van der Waals surface area contributed by atoms with Crippen LogP contribution in [0.4, 0.5) is 26.1 Å². The van der Waals surface area contributed by atoms with Crippen molar-refractivity contribution in [3.63, 3.8) is 0 Å². The predicted molar refractivity (Wildman–Crippen MR) is 123 cm³/mol. The van der Waals surface area contributed by atoms with E-state index in [1.54, 1.807) is 13.1 Å². The number of hydrogen-bond donors (Lipinski definition) is 3. The monoisotopic (exact) mass is 456 g/mol. The van der Waals surface area contributed by atoms with Gasteiger partial charge in [0.05, 0.1) is 18.7 Å². The highest BCUT2D eigenvalue weighted by atomic mass is 19.1. The lowest BCUT2D eigenvalue weighted by atomic mass is 10.1. The number of alkyl halides is 1. The summed E-state index contributed by atoms with van der Waals surface area (Å²) in [6.45, 7) is 5.06. The lowest BCUT2D eigenvalue weighted by Crippen LogP contribution is -2.31. The Labute approximate surface area is 189 Å². The molecule has 0 radical (unpaired) electrons. The van der Waals surface area contributed by atoms with Gasteiger partial charge in [-0.15, -0.1) is 0 Å². The molecular weight excluding hydrogens is 430 g/mol. The molecule has 2 fully saturated rings. The van der Waals surface area contributed by atoms with Gasteiger partial charge in [-0.2, -0.15) is 0 Å². The molecule has 0 unspecified atom stereocenters. The minimum atomic E-state index is -0.863. The zero-order chi connectivity index (χ0) is 23.1. The van der Waals surface area contributed by atoms with E-state index in [1.165, 1.54) is 16.8 Å². The summed E-state index contributed by atoms with van der Waals surface area (Å²) in [5, 5.41) is 9.17. The number of ether oxygens (including phenoxy) is 1. The van der Waals surface area contributed by atoms with Crippen molar-refractivity contribution >= 4 is 28.7 Å². The Hall–Kier alpha value is -3.40. The van der Waals surface area contributed by atoms with E-state index in [1.807, 2.05) is 16.7 Å². The van der Waals surface area contributed by atoms with E-state index in [4.69, 9.17) is 4.74 Å². The van der Waals surface area contributed by atoms with Crippen LogP contribution in [0.3, 0.4) is 0 Å². The molecule has 0 aromatic carbocycles. The van der Waals surface area contributed by atoms with Gasteiger partial charge >= 0.3 is 0 Å². The highest BCUT2D eigenvalue weighted by Gasteiger charge is 2.37. The summed E-state index contributed by atoms with van der Waals surface area (Å²) < 4.78 is 36.4. The highest BCUT2D eigenvalue weighted by Crippen LogP contribution is 2.30. The zero-order valence-corrected chi connectivity index (χ0v) is 18.3. The molecule has 1 saturated heterocycles. The van der Waals surface area contributed by atoms with Crippen molar-refractivity contribution in [1.82, 2.24) is 19.3 Å². The summed E-state index contributed by atoms with van der Waals surface area (Å²) in [7, 11) is 1.77. The lowest BCUT2D eigenvalue weighted by molar-refractivity contribution is 0.0577. The van der Waals surface area contributed by atoms with E-state index < -0.39 is 12.0 Å². The Balaban J connectivity index is 1.50. The molecule has 3 N–H and O–H groups in total. The van der Waals surface area contributed by atoms with E-state index in [0.29, 0.717) is 48.2 Å². The summed E-state index contributed by atoms with van der Waals surface area (Å²) in [5.41, 5.74) is 1.59. The van der Waals surface area contributed by atoms with Crippen LogP contribution >= 0.6 is 0 Å². The summed E-state index contributed by atoms with van der Waals surface area (Å²) in [5.74, 6) is 0.543. The molecule has 0 bridgehead atoms. The summed E-state index contributed by atoms with van der Waals surface area (Å²) in [6, 6.07) is 4.30. The van der Waals surface area contributed by atoms with Gasteiger partial charge in [0.15, 0.2) is 0 Å². The molecule has 174 valence electrons. The molecule has 3 aromatic rings. The second-order valence-electron chi connectivity index (χ2n) is 8.46. The molecule has 0 spiro atoms. The van der Waals surface area contributed by atoms with Crippen LogP contribution in [0.25, 0.3) is 11.3 Å². The molecule has 1 saturated carbocycles. The third-order valence-electron chi connectivity index (χ3n) is 6.07. The molecule has 5 rings (SSSR count). The molecule has 10 heteroatoms. The first-order chi connectivity index (χ1) is 15.9. The van der Waals surface area contributed by atoms with Gasteiger partial charge in [0, 0.05) is 55.9 Å². The van der Waals surface area contributed by atoms with E-state index in [2.05, 4.69) is 27.5 Å². The fraction of sp³-hybridized carbons (Fsp3) is 0.391. The summed E-state index contributed by atoms with van der Waals surface area (Å²) in [4.78, 5) is 17.7. The van der Waals surface area contributed by atoms with Crippen molar-refractivity contribution in [3.05, 3.63) is 58.9 Å². The fourth-order valence-corrected chi connectivity index (χ4v) is 4.19. The SMILES string of the molecule is C=C(N[C@H]1C[C@H]1F)c1ccn2c(NC)cc(Nc3cc(F)cn([C@H]4CCCOC4)c3=O)nc12. The Bertz CT molecular complexity index is 1260. The van der Waals surface area contributed by atoms with Crippen LogP contribution in [0.2, 0.25) is 0 Å². The number of nitrogens with zero attached hydrogens (tertiary/aromatic N) is 3. The lowest BCUT2D eigenvalue weighted by Gasteiger charge is -2.24. The van der Waals surface area contributed by atoms with Crippen LogP contribution < -0.4 is 21.5 Å². The van der Waals surface area contributed by atoms with Crippen LogP contribution in [-0.4, -0.2) is 46.4 Å². The van der Waals surface area contributed by atoms with Gasteiger partial charge < -0.3 is 25.3 Å². The molecule has 2 aliphatic rings. The summed E-state index contributed by atoms with van der Waals surface area (Å²) >= 11 is 0. The van der Waals surface area contributed by atoms with E-state index >= 15 is 0 Å². The van der Waals surface area contributed by atoms with E-state index in [-0.39, 0.29) is 23.3 Å². The maximum absolute atomic E-state index is 14.4. The van der Waals surface area contributed by atoms with Crippen molar-refractivity contribution in [2.75, 3.05) is 30.9 Å². The first kappa shape index (κ1) is 21.4. The minimum absolute atomic E-state index is 0.0859. The third-order valence-corrected chi connectivity index (χ3v) is 6.07. The number of halogens is 2. The normalized spacial score (nSPS) is 22.2. The second kappa shape index (κ2) is 8.51. The number of fused-ring (bicyclic) bond motifs is 1. The summed E-state index contributed by atoms with van der Waals surface area (Å²) in [6.07, 6.45) is 4.22. The Morgan fingerprint density at radius 1 is 1.36 bits per heavy atom. The van der Waals surface area contributed by atoms with Crippen molar-refractivity contribution in [1.29, 1.82) is 0 Å². The Morgan fingerprint density at radius 3 is 2.88 bits per heavy atom. The van der Waals surface area contributed by atoms with Crippen molar-refractivity contribution < 1.29 is 13.5 Å². The molecule has 33 heavy (non-hydrogen) atoms. The first-order valence-corrected chi connectivity index (χ1v) is 11.0. The van der Waals surface area contributed by atoms with Crippen LogP contribution in [0, 0.1) is 5.82 Å². The van der Waals surface area contributed by atoms with Gasteiger partial charge in [-0.05, 0) is 18.9 Å². The van der Waals surface area contributed by atoms with Gasteiger partial charge in [-0.1, -0.05) is 6.58 Å². The van der Waals surface area contributed by atoms with Gasteiger partial charge in [-0.3, -0.25) is 9.20 Å². The average molecular weight is 456 g/mol. The average Bonchev–Trinajstić information content (AvgIpc) is 3.33. The number of anilines is 3. The number of rotatable bonds is 7. The molecular formula is C23H26F2N6O2. The van der Waals surface area contributed by atoms with Gasteiger partial charge in [0.2, 0.25) is 0 Å². The fourth-order valence-electron chi connectivity index (χ4n) is 4.19. The molecule has 0 amide bonds. The van der Waals surface area contributed by atoms with Crippen molar-refractivity contribution in [2.45, 2.75) is 37.5 Å². The number of pyridine rings is 1. The molecule has 1 aliphatic carbocycles. The largest absolute Gasteiger partial charge is 0.379 e. The minimum Gasteiger partial charge on any atom is -0.379 e. The zero-order valence-electron chi connectivity index (χ0n) is 18.3. The van der Waals surface area contributed by atoms with Gasteiger partial charge in [0.25, 0.3) is 5.56 Å². The third kappa shape index (κ3) is 4.18. The van der Waals surface area contributed by atoms with Crippen LogP contribution in [0.1, 0.15) is 30.9 Å². The first-order valence-electron chi connectivity index (χ1n) is 11.0. The van der Waals surface area contributed by atoms with Crippen LogP contribution in [-0.2, 0) is 4.74 Å². The maximum Gasteiger partial charge on any atom is 0.274 e. The van der Waals surface area contributed by atoms with Crippen LogP contribution in [0.15, 0.2) is 42.0 Å². The number of hydrogen-bond acceptors (Lipinski definition) is 6. The van der Waals surface area contributed by atoms with Crippen molar-refractivity contribution in [3.8, 4) is 0 Å². The van der Waals surface area contributed by atoms with Gasteiger partial charge in [0.1, 0.15) is 35.0 Å². The van der Waals surface area contributed by atoms with Crippen molar-refractivity contribution in [2.24, 2.45) is 0 Å².